The van der Waals surface area contributed by atoms with Crippen LogP contribution in [0.1, 0.15) is 16.1 Å². The Morgan fingerprint density at radius 2 is 2.00 bits per heavy atom. The van der Waals surface area contributed by atoms with Crippen LogP contribution < -0.4 is 5.32 Å². The Kier molecular flexibility index (Phi) is 5.48. The van der Waals surface area contributed by atoms with Gasteiger partial charge in [-0.15, -0.1) is 11.3 Å². The zero-order valence-corrected chi connectivity index (χ0v) is 16.8. The summed E-state index contributed by atoms with van der Waals surface area (Å²) in [5.41, 5.74) is 1.76. The summed E-state index contributed by atoms with van der Waals surface area (Å²) >= 11 is 15.0. The minimum absolute atomic E-state index is 0.195. The van der Waals surface area contributed by atoms with Crippen molar-refractivity contribution in [2.24, 2.45) is 0 Å². The molecule has 0 aromatic carbocycles. The van der Waals surface area contributed by atoms with Crippen molar-refractivity contribution >= 4 is 68.2 Å². The molecule has 5 nitrogen and oxygen atoms in total. The predicted molar refractivity (Wildman–Crippen MR) is 105 cm³/mol. The number of pyridine rings is 1. The SMILES string of the molecule is Cc1nc(NC(=O)CSc2ncnc3sc(C)c(C)c23)c(Cl)cc1Cl. The van der Waals surface area contributed by atoms with Crippen LogP contribution in [0.25, 0.3) is 10.2 Å². The third-order valence-corrected chi connectivity index (χ3v) is 6.41. The summed E-state index contributed by atoms with van der Waals surface area (Å²) in [6, 6.07) is 1.57. The molecule has 0 fully saturated rings. The monoisotopic (exact) mass is 412 g/mol. The number of aromatic nitrogens is 3. The Labute approximate surface area is 163 Å². The number of hydrogen-bond donors (Lipinski definition) is 1. The molecule has 3 heterocycles. The highest BCUT2D eigenvalue weighted by molar-refractivity contribution is 8.00. The zero-order chi connectivity index (χ0) is 18.1. The van der Waals surface area contributed by atoms with Gasteiger partial charge in [-0.2, -0.15) is 0 Å². The van der Waals surface area contributed by atoms with Crippen molar-refractivity contribution < 1.29 is 4.79 Å². The molecule has 0 saturated heterocycles. The van der Waals surface area contributed by atoms with Gasteiger partial charge in [0.05, 0.1) is 21.5 Å². The number of carbonyl (C=O) groups is 1. The summed E-state index contributed by atoms with van der Waals surface area (Å²) in [5, 5.41) is 5.30. The highest BCUT2D eigenvalue weighted by Gasteiger charge is 2.15. The van der Waals surface area contributed by atoms with Crippen LogP contribution in [0.3, 0.4) is 0 Å². The molecule has 0 aliphatic heterocycles. The zero-order valence-electron chi connectivity index (χ0n) is 13.7. The van der Waals surface area contributed by atoms with Crippen LogP contribution in [0.4, 0.5) is 5.82 Å². The van der Waals surface area contributed by atoms with Crippen molar-refractivity contribution in [3.05, 3.63) is 38.6 Å². The third-order valence-electron chi connectivity index (χ3n) is 3.63. The molecule has 0 aliphatic rings. The van der Waals surface area contributed by atoms with Crippen molar-refractivity contribution in [3.8, 4) is 0 Å². The average Bonchev–Trinajstić information content (AvgIpc) is 2.86. The van der Waals surface area contributed by atoms with E-state index >= 15 is 0 Å². The van der Waals surface area contributed by atoms with Crippen LogP contribution in [-0.4, -0.2) is 26.6 Å². The summed E-state index contributed by atoms with van der Waals surface area (Å²) in [4.78, 5) is 27.2. The van der Waals surface area contributed by atoms with Crippen LogP contribution in [0.5, 0.6) is 0 Å². The maximum Gasteiger partial charge on any atom is 0.235 e. The number of anilines is 1. The number of carbonyl (C=O) groups excluding carboxylic acids is 1. The van der Waals surface area contributed by atoms with Crippen molar-refractivity contribution in [1.29, 1.82) is 0 Å². The second-order valence-corrected chi connectivity index (χ2v) is 8.35. The number of thiophene rings is 1. The fourth-order valence-corrected chi connectivity index (χ4v) is 4.53. The molecule has 3 rings (SSSR count). The fraction of sp³-hybridized carbons (Fsp3) is 0.250. The van der Waals surface area contributed by atoms with Gasteiger partial charge in [-0.25, -0.2) is 15.0 Å². The number of aryl methyl sites for hydroxylation is 3. The number of rotatable bonds is 4. The number of amides is 1. The fourth-order valence-electron chi connectivity index (χ4n) is 2.21. The van der Waals surface area contributed by atoms with Gasteiger partial charge in [0.25, 0.3) is 0 Å². The highest BCUT2D eigenvalue weighted by Crippen LogP contribution is 2.34. The normalized spacial score (nSPS) is 11.1. The molecule has 25 heavy (non-hydrogen) atoms. The average molecular weight is 413 g/mol. The topological polar surface area (TPSA) is 67.8 Å². The largest absolute Gasteiger partial charge is 0.309 e. The van der Waals surface area contributed by atoms with Gasteiger partial charge in [0.1, 0.15) is 16.2 Å². The second-order valence-electron chi connectivity index (χ2n) is 5.37. The summed E-state index contributed by atoms with van der Waals surface area (Å²) in [6.07, 6.45) is 1.53. The summed E-state index contributed by atoms with van der Waals surface area (Å²) in [7, 11) is 0. The van der Waals surface area contributed by atoms with Crippen LogP contribution in [0.2, 0.25) is 10.0 Å². The van der Waals surface area contributed by atoms with Gasteiger partial charge in [-0.1, -0.05) is 35.0 Å². The van der Waals surface area contributed by atoms with Gasteiger partial charge in [-0.3, -0.25) is 4.79 Å². The molecule has 0 aliphatic carbocycles. The Bertz CT molecular complexity index is 974. The molecule has 0 bridgehead atoms. The lowest BCUT2D eigenvalue weighted by molar-refractivity contribution is -0.113. The highest BCUT2D eigenvalue weighted by atomic mass is 35.5. The van der Waals surface area contributed by atoms with Crippen LogP contribution in [-0.2, 0) is 4.79 Å². The number of hydrogen-bond acceptors (Lipinski definition) is 6. The smallest absolute Gasteiger partial charge is 0.235 e. The van der Waals surface area contributed by atoms with Crippen molar-refractivity contribution in [3.63, 3.8) is 0 Å². The standard InChI is InChI=1S/C16H14Cl2N4OS2/c1-7-9(3)25-16-13(7)15(19-6-20-16)24-5-12(23)22-14-11(18)4-10(17)8(2)21-14/h4,6H,5H2,1-3H3,(H,21,22,23). The predicted octanol–water partition coefficient (Wildman–Crippen LogP) is 5.05. The molecule has 3 aromatic heterocycles. The molecule has 0 unspecified atom stereocenters. The summed E-state index contributed by atoms with van der Waals surface area (Å²) in [6.45, 7) is 5.85. The van der Waals surface area contributed by atoms with E-state index in [-0.39, 0.29) is 11.7 Å². The minimum Gasteiger partial charge on any atom is -0.309 e. The van der Waals surface area contributed by atoms with E-state index in [1.807, 2.05) is 6.92 Å². The van der Waals surface area contributed by atoms with Gasteiger partial charge in [0.15, 0.2) is 5.82 Å². The van der Waals surface area contributed by atoms with E-state index in [0.29, 0.717) is 21.6 Å². The van der Waals surface area contributed by atoms with Crippen LogP contribution in [0.15, 0.2) is 17.4 Å². The van der Waals surface area contributed by atoms with E-state index in [2.05, 4.69) is 27.2 Å². The summed E-state index contributed by atoms with van der Waals surface area (Å²) in [5.74, 6) is 0.294. The quantitative estimate of drug-likeness (QED) is 0.479. The lowest BCUT2D eigenvalue weighted by Gasteiger charge is -2.08. The molecule has 0 atom stereocenters. The lowest BCUT2D eigenvalue weighted by atomic mass is 10.2. The first-order valence-corrected chi connectivity index (χ1v) is 9.88. The van der Waals surface area contributed by atoms with Gasteiger partial charge >= 0.3 is 0 Å². The second kappa shape index (κ2) is 7.45. The summed E-state index contributed by atoms with van der Waals surface area (Å²) < 4.78 is 0. The van der Waals surface area contributed by atoms with Gasteiger partial charge in [-0.05, 0) is 32.4 Å². The number of fused-ring (bicyclic) bond motifs is 1. The first kappa shape index (κ1) is 18.4. The van der Waals surface area contributed by atoms with E-state index in [0.717, 1.165) is 20.8 Å². The van der Waals surface area contributed by atoms with E-state index in [9.17, 15) is 4.79 Å². The molecule has 0 saturated carbocycles. The maximum atomic E-state index is 12.3. The van der Waals surface area contributed by atoms with Gasteiger partial charge < -0.3 is 5.32 Å². The number of nitrogens with zero attached hydrogens (tertiary/aromatic N) is 3. The third kappa shape index (κ3) is 3.89. The Balaban J connectivity index is 1.74. The molecule has 9 heteroatoms. The molecule has 0 radical (unpaired) electrons. The van der Waals surface area contributed by atoms with E-state index in [1.165, 1.54) is 23.0 Å². The Hall–Kier alpha value is -1.41. The Morgan fingerprint density at radius 1 is 1.24 bits per heavy atom. The van der Waals surface area contributed by atoms with E-state index in [1.54, 1.807) is 24.3 Å². The number of thioether (sulfide) groups is 1. The number of halogens is 2. The van der Waals surface area contributed by atoms with E-state index in [4.69, 9.17) is 23.2 Å². The molecular weight excluding hydrogens is 399 g/mol. The molecular formula is C16H14Cl2N4OS2. The van der Waals surface area contributed by atoms with Crippen LogP contribution >= 0.6 is 46.3 Å². The maximum absolute atomic E-state index is 12.3. The molecule has 1 N–H and O–H groups in total. The number of nitrogens with one attached hydrogen (secondary N) is 1. The first-order chi connectivity index (χ1) is 11.9. The first-order valence-electron chi connectivity index (χ1n) is 7.32. The lowest BCUT2D eigenvalue weighted by Crippen LogP contribution is -2.16. The van der Waals surface area contributed by atoms with Crippen molar-refractivity contribution in [2.45, 2.75) is 25.8 Å². The molecule has 3 aromatic rings. The molecule has 0 spiro atoms. The molecule has 130 valence electrons. The van der Waals surface area contributed by atoms with Crippen molar-refractivity contribution in [1.82, 2.24) is 15.0 Å². The van der Waals surface area contributed by atoms with Gasteiger partial charge in [0, 0.05) is 10.3 Å². The molecule has 1 amide bonds. The van der Waals surface area contributed by atoms with Crippen LogP contribution in [0, 0.1) is 20.8 Å². The Morgan fingerprint density at radius 3 is 2.76 bits per heavy atom. The van der Waals surface area contributed by atoms with Crippen molar-refractivity contribution in [2.75, 3.05) is 11.1 Å². The van der Waals surface area contributed by atoms with E-state index < -0.39 is 0 Å². The minimum atomic E-state index is -0.211. The van der Waals surface area contributed by atoms with Gasteiger partial charge in [0.2, 0.25) is 5.91 Å².